The average molecular weight is 615 g/mol. The van der Waals surface area contributed by atoms with E-state index in [9.17, 15) is 24.3 Å². The maximum Gasteiger partial charge on any atom is 0.243 e. The Balaban J connectivity index is 2.25. The molecule has 2 rings (SSSR count). The van der Waals surface area contributed by atoms with E-state index >= 15 is 0 Å². The van der Waals surface area contributed by atoms with Gasteiger partial charge in [0.15, 0.2) is 17.5 Å². The highest BCUT2D eigenvalue weighted by Gasteiger charge is 2.28. The van der Waals surface area contributed by atoms with Crippen molar-refractivity contribution in [3.8, 4) is 17.2 Å². The van der Waals surface area contributed by atoms with Gasteiger partial charge in [-0.2, -0.15) is 0 Å². The highest BCUT2D eigenvalue weighted by molar-refractivity contribution is 5.93. The van der Waals surface area contributed by atoms with Crippen LogP contribution in [0.15, 0.2) is 47.5 Å². The van der Waals surface area contributed by atoms with Crippen LogP contribution in [0, 0.1) is 0 Å². The van der Waals surface area contributed by atoms with Crippen molar-refractivity contribution < 1.29 is 33.8 Å². The third-order valence-corrected chi connectivity index (χ3v) is 6.50. The number of aliphatic imine (C=N–C) groups is 1. The molecule has 3 atom stereocenters. The fourth-order valence-electron chi connectivity index (χ4n) is 4.19. The molecule has 15 nitrogen and oxygen atoms in total. The summed E-state index contributed by atoms with van der Waals surface area (Å²) in [5, 5.41) is 17.5. The molecule has 15 heteroatoms. The Morgan fingerprint density at radius 3 is 2.09 bits per heavy atom. The number of phenols is 1. The Labute approximate surface area is 255 Å². The van der Waals surface area contributed by atoms with Crippen LogP contribution in [0.3, 0.4) is 0 Å². The summed E-state index contributed by atoms with van der Waals surface area (Å²) in [6.07, 6.45) is 0.564. The highest BCUT2D eigenvalue weighted by atomic mass is 16.5. The smallest absolute Gasteiger partial charge is 0.243 e. The number of carbonyl (C=O) groups excluding carboxylic acids is 4. The second-order valence-electron chi connectivity index (χ2n) is 9.95. The van der Waals surface area contributed by atoms with Crippen molar-refractivity contribution in [2.24, 2.45) is 27.9 Å². The van der Waals surface area contributed by atoms with Crippen LogP contribution in [0.2, 0.25) is 0 Å². The molecule has 0 aromatic heterocycles. The van der Waals surface area contributed by atoms with Crippen LogP contribution in [-0.2, 0) is 32.0 Å². The fourth-order valence-corrected chi connectivity index (χ4v) is 4.19. The van der Waals surface area contributed by atoms with Crippen molar-refractivity contribution >= 4 is 29.6 Å². The molecule has 0 fully saturated rings. The molecule has 0 aliphatic rings. The van der Waals surface area contributed by atoms with Gasteiger partial charge in [0.25, 0.3) is 0 Å². The van der Waals surface area contributed by atoms with E-state index in [0.717, 1.165) is 0 Å². The summed E-state index contributed by atoms with van der Waals surface area (Å²) >= 11 is 0. The number of carbonyl (C=O) groups is 4. The number of nitrogens with one attached hydrogen (secondary N) is 3. The number of aromatic hydroxyl groups is 1. The lowest BCUT2D eigenvalue weighted by atomic mass is 10.0. The lowest BCUT2D eigenvalue weighted by molar-refractivity contribution is -0.132. The second kappa shape index (κ2) is 17.8. The zero-order valence-electron chi connectivity index (χ0n) is 24.9. The van der Waals surface area contributed by atoms with Gasteiger partial charge in [-0.05, 0) is 54.7 Å². The third-order valence-electron chi connectivity index (χ3n) is 6.50. The normalized spacial score (nSPS) is 12.6. The van der Waals surface area contributed by atoms with E-state index in [4.69, 9.17) is 32.4 Å². The van der Waals surface area contributed by atoms with E-state index in [-0.39, 0.29) is 50.5 Å². The largest absolute Gasteiger partial charge is 0.508 e. The lowest BCUT2D eigenvalue weighted by Crippen LogP contribution is -2.56. The fraction of sp³-hybridized carbons (Fsp3) is 0.414. The van der Waals surface area contributed by atoms with Crippen LogP contribution >= 0.6 is 0 Å². The maximum atomic E-state index is 13.6. The molecule has 0 aliphatic heterocycles. The molecule has 12 N–H and O–H groups in total. The molecule has 0 bridgehead atoms. The van der Waals surface area contributed by atoms with Crippen LogP contribution < -0.4 is 48.4 Å². The summed E-state index contributed by atoms with van der Waals surface area (Å²) < 4.78 is 10.6. The van der Waals surface area contributed by atoms with Gasteiger partial charge in [0, 0.05) is 25.9 Å². The molecule has 0 spiro atoms. The summed E-state index contributed by atoms with van der Waals surface area (Å²) in [4.78, 5) is 54.8. The molecule has 0 radical (unpaired) electrons. The van der Waals surface area contributed by atoms with E-state index in [2.05, 4.69) is 20.9 Å². The summed E-state index contributed by atoms with van der Waals surface area (Å²) in [6.45, 7) is 0.168. The van der Waals surface area contributed by atoms with Crippen molar-refractivity contribution in [2.45, 2.75) is 50.2 Å². The number of methoxy groups -OCH3 is 2. The third kappa shape index (κ3) is 12.1. The minimum absolute atomic E-state index is 0.0305. The molecule has 44 heavy (non-hydrogen) atoms. The lowest BCUT2D eigenvalue weighted by Gasteiger charge is -2.24. The number of benzene rings is 2. The van der Waals surface area contributed by atoms with Gasteiger partial charge in [-0.25, -0.2) is 0 Å². The summed E-state index contributed by atoms with van der Waals surface area (Å²) in [5.41, 5.74) is 23.5. The number of primary amides is 1. The van der Waals surface area contributed by atoms with E-state index in [1.54, 1.807) is 30.3 Å². The summed E-state index contributed by atoms with van der Waals surface area (Å²) in [7, 11) is 2.96. The Morgan fingerprint density at radius 2 is 1.48 bits per heavy atom. The number of ether oxygens (including phenoxy) is 2. The molecular weight excluding hydrogens is 572 g/mol. The predicted octanol–water partition coefficient (Wildman–Crippen LogP) is -1.46. The molecule has 2 aromatic rings. The van der Waals surface area contributed by atoms with Crippen molar-refractivity contribution in [3.05, 3.63) is 53.6 Å². The SMILES string of the molecule is COc1ccc(C[C@H](NC(=O)[C@@H](CCCN=C(N)N)NC(=O)[C@@H](N)Cc2ccc(O)cc2)C(=O)NCCC(N)=O)cc1OC. The minimum atomic E-state index is -1.10. The van der Waals surface area contributed by atoms with Crippen LogP contribution in [0.25, 0.3) is 0 Å². The number of rotatable bonds is 18. The van der Waals surface area contributed by atoms with Gasteiger partial charge in [-0.15, -0.1) is 0 Å². The number of guanidine groups is 1. The van der Waals surface area contributed by atoms with Crippen molar-refractivity contribution in [1.29, 1.82) is 0 Å². The predicted molar refractivity (Wildman–Crippen MR) is 164 cm³/mol. The van der Waals surface area contributed by atoms with Gasteiger partial charge in [0.1, 0.15) is 17.8 Å². The molecule has 0 saturated heterocycles. The number of amides is 4. The summed E-state index contributed by atoms with van der Waals surface area (Å²) in [5.74, 6) is -1.54. The van der Waals surface area contributed by atoms with Crippen molar-refractivity contribution in [1.82, 2.24) is 16.0 Å². The van der Waals surface area contributed by atoms with E-state index in [1.807, 2.05) is 0 Å². The zero-order valence-corrected chi connectivity index (χ0v) is 24.9. The minimum Gasteiger partial charge on any atom is -0.508 e. The number of nitrogens with zero attached hydrogens (tertiary/aromatic N) is 1. The van der Waals surface area contributed by atoms with Crippen LogP contribution in [0.4, 0.5) is 0 Å². The van der Waals surface area contributed by atoms with Gasteiger partial charge >= 0.3 is 0 Å². The number of phenolic OH excluding ortho intramolecular Hbond substituents is 1. The highest BCUT2D eigenvalue weighted by Crippen LogP contribution is 2.28. The Hall–Kier alpha value is -5.05. The van der Waals surface area contributed by atoms with E-state index in [1.165, 1.54) is 26.4 Å². The van der Waals surface area contributed by atoms with Crippen molar-refractivity contribution in [2.75, 3.05) is 27.3 Å². The van der Waals surface area contributed by atoms with E-state index < -0.39 is 41.8 Å². The molecule has 0 unspecified atom stereocenters. The molecule has 2 aromatic carbocycles. The summed E-state index contributed by atoms with van der Waals surface area (Å²) in [6, 6.07) is 8.09. The Morgan fingerprint density at radius 1 is 0.841 bits per heavy atom. The Kier molecular flexibility index (Phi) is 14.2. The quantitative estimate of drug-likeness (QED) is 0.0549. The van der Waals surface area contributed by atoms with E-state index in [0.29, 0.717) is 29.0 Å². The van der Waals surface area contributed by atoms with Crippen LogP contribution in [0.5, 0.6) is 17.2 Å². The maximum absolute atomic E-state index is 13.6. The molecule has 4 amide bonds. The number of hydrogen-bond donors (Lipinski definition) is 8. The first-order valence-electron chi connectivity index (χ1n) is 13.9. The molecule has 0 heterocycles. The van der Waals surface area contributed by atoms with Gasteiger partial charge in [-0.1, -0.05) is 18.2 Å². The molecule has 240 valence electrons. The Bertz CT molecular complexity index is 1300. The topological polar surface area (TPSA) is 260 Å². The average Bonchev–Trinajstić information content (AvgIpc) is 2.98. The first-order chi connectivity index (χ1) is 20.9. The molecule has 0 saturated carbocycles. The molecular formula is C29H42N8O7. The monoisotopic (exact) mass is 614 g/mol. The zero-order chi connectivity index (χ0) is 32.6. The van der Waals surface area contributed by atoms with Gasteiger partial charge in [-0.3, -0.25) is 24.2 Å². The standard InChI is InChI=1S/C29H42N8O7/c1-43-23-10-7-18(16-24(23)44-2)15-22(27(41)34-13-11-25(31)39)37-28(42)21(4-3-12-35-29(32)33)36-26(40)20(30)14-17-5-8-19(38)9-6-17/h5-10,16,20-22,38H,3-4,11-15,30H2,1-2H3,(H2,31,39)(H,34,41)(H,36,40)(H,37,42)(H4,32,33,35)/t20-,21+,22-/m0/s1. The van der Waals surface area contributed by atoms with Crippen LogP contribution in [0.1, 0.15) is 30.4 Å². The van der Waals surface area contributed by atoms with Gasteiger partial charge < -0.3 is 53.5 Å². The van der Waals surface area contributed by atoms with Crippen molar-refractivity contribution in [3.63, 3.8) is 0 Å². The number of hydrogen-bond acceptors (Lipinski definition) is 9. The second-order valence-corrected chi connectivity index (χ2v) is 9.95. The van der Waals surface area contributed by atoms with Gasteiger partial charge in [0.05, 0.1) is 20.3 Å². The molecule has 0 aliphatic carbocycles. The van der Waals surface area contributed by atoms with Gasteiger partial charge in [0.2, 0.25) is 23.6 Å². The van der Waals surface area contributed by atoms with Crippen LogP contribution in [-0.4, -0.2) is 80.1 Å². The first-order valence-corrected chi connectivity index (χ1v) is 13.9. The first kappa shape index (κ1) is 35.1. The number of nitrogens with two attached hydrogens (primary N) is 4.